The molecule has 2 aliphatic heterocycles. The number of rotatable bonds is 12. The Morgan fingerprint density at radius 3 is 2.15 bits per heavy atom. The Balaban J connectivity index is 2.26. The van der Waals surface area contributed by atoms with Crippen molar-refractivity contribution < 1.29 is 28.8 Å². The molecule has 4 N–H and O–H groups in total. The summed E-state index contributed by atoms with van der Waals surface area (Å²) in [6, 6.07) is -3.01. The minimum absolute atomic E-state index is 0.0203. The molecule has 0 aromatic carbocycles. The Kier molecular flexibility index (Phi) is 13.5. The third kappa shape index (κ3) is 10.1. The zero-order valence-corrected chi connectivity index (χ0v) is 29.8. The molecule has 0 saturated carbocycles. The van der Waals surface area contributed by atoms with Crippen LogP contribution in [0.2, 0.25) is 0 Å². The molecule has 0 spiro atoms. The van der Waals surface area contributed by atoms with E-state index < -0.39 is 63.9 Å². The van der Waals surface area contributed by atoms with Crippen LogP contribution in [0, 0.1) is 22.7 Å². The molecule has 1 unspecified atom stereocenters. The largest absolute Gasteiger partial charge is 0.346 e. The first-order chi connectivity index (χ1) is 21.2. The highest BCUT2D eigenvalue weighted by Crippen LogP contribution is 2.33. The summed E-state index contributed by atoms with van der Waals surface area (Å²) in [6.45, 7) is 20.8. The fraction of sp³-hybridized carbons (Fsp3) is 0.750. The third-order valence-electron chi connectivity index (χ3n) is 8.67. The highest BCUT2D eigenvalue weighted by molar-refractivity contribution is 7.82. The molecule has 5 atom stereocenters. The van der Waals surface area contributed by atoms with E-state index >= 15 is 0 Å². The van der Waals surface area contributed by atoms with E-state index in [4.69, 9.17) is 0 Å². The molecular weight excluding hydrogens is 610 g/mol. The van der Waals surface area contributed by atoms with Gasteiger partial charge in [-0.25, -0.2) is 9.59 Å². The first kappa shape index (κ1) is 38.9. The maximum Gasteiger partial charge on any atom is 0.319 e. The van der Waals surface area contributed by atoms with Gasteiger partial charge in [0.2, 0.25) is 11.8 Å². The molecule has 14 heteroatoms. The van der Waals surface area contributed by atoms with Crippen LogP contribution in [0.15, 0.2) is 12.7 Å². The quantitative estimate of drug-likeness (QED) is 0.0928. The van der Waals surface area contributed by atoms with E-state index in [2.05, 4.69) is 40.5 Å². The van der Waals surface area contributed by atoms with E-state index in [-0.39, 0.29) is 31.0 Å². The molecule has 0 aliphatic carbocycles. The number of hydrogen-bond acceptors (Lipinski definition) is 7. The summed E-state index contributed by atoms with van der Waals surface area (Å²) in [5.74, 6) is -3.09. The lowest BCUT2D eigenvalue weighted by Crippen LogP contribution is -2.62. The molecule has 7 amide bonds. The first-order valence-corrected chi connectivity index (χ1v) is 16.5. The van der Waals surface area contributed by atoms with Crippen LogP contribution in [0.4, 0.5) is 9.59 Å². The molecule has 2 fully saturated rings. The molecular formula is C32H55N7O6S. The van der Waals surface area contributed by atoms with Crippen LogP contribution < -0.4 is 21.3 Å². The van der Waals surface area contributed by atoms with Gasteiger partial charge in [0.25, 0.3) is 11.7 Å². The van der Waals surface area contributed by atoms with E-state index in [9.17, 15) is 28.8 Å². The Labute approximate surface area is 279 Å². The summed E-state index contributed by atoms with van der Waals surface area (Å²) < 4.78 is 0. The molecule has 0 bridgehead atoms. The number of nitrogens with zero attached hydrogens (tertiary/aromatic N) is 3. The SMILES string of the molecule is C=CCNC(=O)C(=O)C(S)NC(=O)[C@@H]1[C@@H](C(C)C)CCN1C(=O)[C@@H](NC(=O)N[C@H](CN1CCCN(C)C1=O)C(C)(C)C)C(C)(C)C. The van der Waals surface area contributed by atoms with Crippen LogP contribution in [0.3, 0.4) is 0 Å². The molecule has 46 heavy (non-hydrogen) atoms. The van der Waals surface area contributed by atoms with E-state index in [0.717, 1.165) is 6.42 Å². The smallest absolute Gasteiger partial charge is 0.319 e. The second kappa shape index (κ2) is 16.0. The zero-order chi connectivity index (χ0) is 35.1. The van der Waals surface area contributed by atoms with Gasteiger partial charge < -0.3 is 36.0 Å². The highest BCUT2D eigenvalue weighted by atomic mass is 32.1. The minimum atomic E-state index is -1.41. The number of likely N-dealkylation sites (tertiary alicyclic amines) is 1. The van der Waals surface area contributed by atoms with Crippen LogP contribution in [-0.2, 0) is 19.2 Å². The Hall–Kier alpha value is -3.29. The van der Waals surface area contributed by atoms with Crippen molar-refractivity contribution >= 4 is 48.2 Å². The summed E-state index contributed by atoms with van der Waals surface area (Å²) in [6.07, 6.45) is 2.79. The zero-order valence-electron chi connectivity index (χ0n) is 28.9. The monoisotopic (exact) mass is 665 g/mol. The molecule has 2 aliphatic rings. The molecule has 2 saturated heterocycles. The lowest BCUT2D eigenvalue weighted by atomic mass is 9.84. The second-order valence-electron chi connectivity index (χ2n) is 14.8. The number of carbonyl (C=O) groups excluding carboxylic acids is 6. The average Bonchev–Trinajstić information content (AvgIpc) is 3.40. The predicted molar refractivity (Wildman–Crippen MR) is 180 cm³/mol. The first-order valence-electron chi connectivity index (χ1n) is 16.0. The number of thiol groups is 1. The van der Waals surface area contributed by atoms with Gasteiger partial charge in [-0.1, -0.05) is 61.5 Å². The minimum Gasteiger partial charge on any atom is -0.346 e. The van der Waals surface area contributed by atoms with E-state index in [1.807, 2.05) is 55.4 Å². The van der Waals surface area contributed by atoms with Gasteiger partial charge in [-0.05, 0) is 35.5 Å². The van der Waals surface area contributed by atoms with Crippen molar-refractivity contribution in [1.29, 1.82) is 0 Å². The molecule has 0 aromatic rings. The van der Waals surface area contributed by atoms with E-state index in [0.29, 0.717) is 26.1 Å². The Morgan fingerprint density at radius 2 is 1.61 bits per heavy atom. The van der Waals surface area contributed by atoms with Crippen molar-refractivity contribution in [3.63, 3.8) is 0 Å². The van der Waals surface area contributed by atoms with Crippen molar-refractivity contribution in [3.8, 4) is 0 Å². The van der Waals surface area contributed by atoms with Gasteiger partial charge in [0.15, 0.2) is 0 Å². The standard InChI is InChI=1S/C32H55N7O6S/c1-11-14-33-26(42)23(40)27(46)36-25(41)22-20(19(2)3)13-17-39(22)28(43)24(32(7,8)9)35-29(44)34-21(31(4,5)6)18-38-16-12-15-37(10)30(38)45/h11,19-22,24,27,46H,1,12-18H2,2-10H3,(H,33,42)(H,36,41)(H2,34,35,44)/t20-,21-,22+,24-,27?/m1/s1. The normalized spacial score (nSPS) is 20.9. The maximum absolute atomic E-state index is 14.2. The Bertz CT molecular complexity index is 1160. The fourth-order valence-corrected chi connectivity index (χ4v) is 6.01. The van der Waals surface area contributed by atoms with Gasteiger partial charge in [0, 0.05) is 39.8 Å². The van der Waals surface area contributed by atoms with Crippen LogP contribution in [0.5, 0.6) is 0 Å². The van der Waals surface area contributed by atoms with Crippen molar-refractivity contribution in [2.45, 2.75) is 91.7 Å². The predicted octanol–water partition coefficient (Wildman–Crippen LogP) is 1.99. The average molecular weight is 666 g/mol. The van der Waals surface area contributed by atoms with Crippen LogP contribution in [-0.4, -0.2) is 114 Å². The van der Waals surface area contributed by atoms with Gasteiger partial charge in [0.1, 0.15) is 17.5 Å². The lowest BCUT2D eigenvalue weighted by molar-refractivity contribution is -0.144. The van der Waals surface area contributed by atoms with Crippen molar-refractivity contribution in [2.24, 2.45) is 22.7 Å². The maximum atomic E-state index is 14.2. The number of hydrogen-bond donors (Lipinski definition) is 5. The summed E-state index contributed by atoms with van der Waals surface area (Å²) >= 11 is 4.16. The summed E-state index contributed by atoms with van der Waals surface area (Å²) in [5, 5.41) is 9.36. The lowest BCUT2D eigenvalue weighted by Gasteiger charge is -2.40. The molecule has 2 rings (SSSR count). The number of ketones is 1. The number of urea groups is 2. The summed E-state index contributed by atoms with van der Waals surface area (Å²) in [4.78, 5) is 83.6. The molecule has 2 heterocycles. The molecule has 0 aromatic heterocycles. The van der Waals surface area contributed by atoms with Gasteiger partial charge in [0.05, 0.1) is 6.04 Å². The van der Waals surface area contributed by atoms with E-state index in [1.165, 1.54) is 11.0 Å². The molecule has 260 valence electrons. The third-order valence-corrected chi connectivity index (χ3v) is 9.04. The van der Waals surface area contributed by atoms with Gasteiger partial charge in [-0.15, -0.1) is 19.2 Å². The van der Waals surface area contributed by atoms with Crippen molar-refractivity contribution in [2.75, 3.05) is 39.8 Å². The van der Waals surface area contributed by atoms with E-state index in [1.54, 1.807) is 16.8 Å². The topological polar surface area (TPSA) is 160 Å². The number of carbonyl (C=O) groups is 6. The second-order valence-corrected chi connectivity index (χ2v) is 15.3. The van der Waals surface area contributed by atoms with Crippen LogP contribution >= 0.6 is 12.6 Å². The summed E-state index contributed by atoms with van der Waals surface area (Å²) in [5.41, 5.74) is -1.14. The van der Waals surface area contributed by atoms with Gasteiger partial charge in [-0.3, -0.25) is 19.2 Å². The summed E-state index contributed by atoms with van der Waals surface area (Å²) in [7, 11) is 1.76. The highest BCUT2D eigenvalue weighted by Gasteiger charge is 2.47. The van der Waals surface area contributed by atoms with Gasteiger partial charge >= 0.3 is 12.1 Å². The fourth-order valence-electron chi connectivity index (χ4n) is 5.76. The van der Waals surface area contributed by atoms with Crippen LogP contribution in [0.25, 0.3) is 0 Å². The number of Topliss-reactive ketones (excluding diaryl/α,β-unsaturated/α-hetero) is 1. The Morgan fingerprint density at radius 1 is 0.978 bits per heavy atom. The molecule has 13 nitrogen and oxygen atoms in total. The van der Waals surface area contributed by atoms with Crippen molar-refractivity contribution in [3.05, 3.63) is 12.7 Å². The van der Waals surface area contributed by atoms with Crippen LogP contribution in [0.1, 0.15) is 68.2 Å². The molecule has 0 radical (unpaired) electrons. The van der Waals surface area contributed by atoms with Gasteiger partial charge in [-0.2, -0.15) is 0 Å². The van der Waals surface area contributed by atoms with Crippen molar-refractivity contribution in [1.82, 2.24) is 36.0 Å². The number of nitrogens with one attached hydrogen (secondary N) is 4. The number of amides is 7.